The number of hydrogen-bond donors (Lipinski definition) is 0. The number of benzene rings is 3. The lowest BCUT2D eigenvalue weighted by atomic mass is 9.88. The van der Waals surface area contributed by atoms with E-state index in [4.69, 9.17) is 0 Å². The van der Waals surface area contributed by atoms with Gasteiger partial charge < -0.3 is 0 Å². The predicted octanol–water partition coefficient (Wildman–Crippen LogP) is 4.64. The number of carbonyl (C=O) groups excluding carboxylic acids is 1. The molecule has 0 fully saturated rings. The van der Waals surface area contributed by atoms with E-state index in [0.717, 1.165) is 39.4 Å². The average molecular weight is 304 g/mol. The first kappa shape index (κ1) is 14.7. The first-order valence-electron chi connectivity index (χ1n) is 7.21. The highest BCUT2D eigenvalue weighted by atomic mass is 31.0. The summed E-state index contributed by atoms with van der Waals surface area (Å²) in [6.45, 7) is 2.02. The van der Waals surface area contributed by atoms with Crippen molar-refractivity contribution in [3.8, 4) is 22.3 Å². The van der Waals surface area contributed by atoms with Gasteiger partial charge in [0.05, 0.1) is 0 Å². The second-order valence-electron chi connectivity index (χ2n) is 5.28. The Bertz CT molecular complexity index is 808. The minimum atomic E-state index is 0.739. The summed E-state index contributed by atoms with van der Waals surface area (Å²) in [6.07, 6.45) is 0.935. The van der Waals surface area contributed by atoms with Gasteiger partial charge in [0.15, 0.2) is 0 Å². The molecule has 3 aromatic rings. The molecule has 0 amide bonds. The summed E-state index contributed by atoms with van der Waals surface area (Å²) in [7, 11) is 2.77. The summed E-state index contributed by atoms with van der Waals surface area (Å²) in [5.41, 5.74) is 6.34. The molecule has 0 saturated carbocycles. The molecule has 22 heavy (non-hydrogen) atoms. The van der Waals surface area contributed by atoms with E-state index in [-0.39, 0.29) is 0 Å². The molecule has 0 heterocycles. The van der Waals surface area contributed by atoms with Gasteiger partial charge in [-0.2, -0.15) is 0 Å². The van der Waals surface area contributed by atoms with Gasteiger partial charge in [-0.25, -0.2) is 0 Å². The SMILES string of the molecule is Cc1c(C=O)cc(P)c(-c2ccccc2)c1-c1ccccc1. The summed E-state index contributed by atoms with van der Waals surface area (Å²) >= 11 is 0. The van der Waals surface area contributed by atoms with E-state index < -0.39 is 0 Å². The number of aldehydes is 1. The van der Waals surface area contributed by atoms with Crippen LogP contribution in [-0.4, -0.2) is 6.29 Å². The molecule has 0 aliphatic carbocycles. The predicted molar refractivity (Wildman–Crippen MR) is 96.8 cm³/mol. The molecular formula is C20H17OP. The van der Waals surface area contributed by atoms with Gasteiger partial charge in [-0.1, -0.05) is 60.7 Å². The second-order valence-corrected chi connectivity index (χ2v) is 5.90. The monoisotopic (exact) mass is 304 g/mol. The zero-order valence-electron chi connectivity index (χ0n) is 12.4. The van der Waals surface area contributed by atoms with Crippen LogP contribution in [0.1, 0.15) is 15.9 Å². The van der Waals surface area contributed by atoms with Crippen LogP contribution in [0.2, 0.25) is 0 Å². The Morgan fingerprint density at radius 2 is 1.32 bits per heavy atom. The molecule has 0 aromatic heterocycles. The highest BCUT2D eigenvalue weighted by Crippen LogP contribution is 2.35. The van der Waals surface area contributed by atoms with Gasteiger partial charge in [-0.15, -0.1) is 9.24 Å². The Morgan fingerprint density at radius 3 is 1.82 bits per heavy atom. The molecule has 2 heteroatoms. The zero-order chi connectivity index (χ0) is 15.5. The van der Waals surface area contributed by atoms with Crippen LogP contribution in [0.25, 0.3) is 22.3 Å². The minimum absolute atomic E-state index is 0.739. The molecule has 1 unspecified atom stereocenters. The standard InChI is InChI=1S/C20H17OP/c1-14-17(13-21)12-18(22)20(16-10-6-3-7-11-16)19(14)15-8-4-2-5-9-15/h2-13H,22H2,1H3. The highest BCUT2D eigenvalue weighted by molar-refractivity contribution is 7.28. The third-order valence-electron chi connectivity index (χ3n) is 3.91. The Labute approximate surface area is 133 Å². The maximum Gasteiger partial charge on any atom is 0.150 e. The van der Waals surface area contributed by atoms with E-state index in [1.807, 2.05) is 49.4 Å². The fraction of sp³-hybridized carbons (Fsp3) is 0.0500. The van der Waals surface area contributed by atoms with E-state index in [1.165, 1.54) is 5.56 Å². The van der Waals surface area contributed by atoms with Crippen molar-refractivity contribution < 1.29 is 4.79 Å². The second kappa shape index (κ2) is 6.25. The maximum absolute atomic E-state index is 11.4. The van der Waals surface area contributed by atoms with E-state index in [9.17, 15) is 4.79 Å². The van der Waals surface area contributed by atoms with Crippen LogP contribution >= 0.6 is 9.24 Å². The van der Waals surface area contributed by atoms with Gasteiger partial charge >= 0.3 is 0 Å². The molecule has 0 radical (unpaired) electrons. The summed E-state index contributed by atoms with van der Waals surface area (Å²) in [5, 5.41) is 1.04. The quantitative estimate of drug-likeness (QED) is 0.509. The first-order valence-corrected chi connectivity index (χ1v) is 7.79. The van der Waals surface area contributed by atoms with E-state index in [1.54, 1.807) is 0 Å². The number of rotatable bonds is 3. The molecule has 0 aliphatic heterocycles. The van der Waals surface area contributed by atoms with Crippen LogP contribution in [0.15, 0.2) is 66.7 Å². The van der Waals surface area contributed by atoms with Crippen LogP contribution < -0.4 is 5.30 Å². The fourth-order valence-corrected chi connectivity index (χ4v) is 3.32. The van der Waals surface area contributed by atoms with Crippen LogP contribution in [0, 0.1) is 6.92 Å². The molecule has 0 N–H and O–H groups in total. The van der Waals surface area contributed by atoms with Gasteiger partial charge in [-0.05, 0) is 46.1 Å². The zero-order valence-corrected chi connectivity index (χ0v) is 13.6. The van der Waals surface area contributed by atoms with E-state index in [2.05, 4.69) is 33.5 Å². The molecule has 0 spiro atoms. The molecule has 0 saturated heterocycles. The van der Waals surface area contributed by atoms with Crippen molar-refractivity contribution in [1.82, 2.24) is 0 Å². The van der Waals surface area contributed by atoms with Crippen molar-refractivity contribution in [2.45, 2.75) is 6.92 Å². The topological polar surface area (TPSA) is 17.1 Å². The Morgan fingerprint density at radius 1 is 0.818 bits per heavy atom. The lowest BCUT2D eigenvalue weighted by molar-refractivity contribution is 0.112. The Kier molecular flexibility index (Phi) is 4.18. The minimum Gasteiger partial charge on any atom is -0.298 e. The van der Waals surface area contributed by atoms with Crippen LogP contribution in [0.3, 0.4) is 0 Å². The summed E-state index contributed by atoms with van der Waals surface area (Å²) < 4.78 is 0. The van der Waals surface area contributed by atoms with Crippen molar-refractivity contribution in [1.29, 1.82) is 0 Å². The fourth-order valence-electron chi connectivity index (χ4n) is 2.83. The smallest absolute Gasteiger partial charge is 0.150 e. The highest BCUT2D eigenvalue weighted by Gasteiger charge is 2.16. The molecule has 3 aromatic carbocycles. The lowest BCUT2D eigenvalue weighted by Gasteiger charge is -2.18. The molecule has 1 nitrogen and oxygen atoms in total. The third-order valence-corrected chi connectivity index (χ3v) is 4.36. The molecule has 1 atom stereocenters. The van der Waals surface area contributed by atoms with Crippen LogP contribution in [0.5, 0.6) is 0 Å². The van der Waals surface area contributed by atoms with Crippen molar-refractivity contribution >= 4 is 20.8 Å². The van der Waals surface area contributed by atoms with Gasteiger partial charge in [-0.3, -0.25) is 4.79 Å². The summed E-state index contributed by atoms with van der Waals surface area (Å²) in [6, 6.07) is 22.5. The van der Waals surface area contributed by atoms with Crippen molar-refractivity contribution in [2.75, 3.05) is 0 Å². The van der Waals surface area contributed by atoms with Crippen LogP contribution in [-0.2, 0) is 0 Å². The van der Waals surface area contributed by atoms with Gasteiger partial charge in [0, 0.05) is 5.56 Å². The lowest BCUT2D eigenvalue weighted by Crippen LogP contribution is -2.06. The third kappa shape index (κ3) is 2.61. The van der Waals surface area contributed by atoms with Crippen molar-refractivity contribution in [3.05, 3.63) is 77.9 Å². The maximum atomic E-state index is 11.4. The summed E-state index contributed by atoms with van der Waals surface area (Å²) in [5.74, 6) is 0. The normalized spacial score (nSPS) is 10.5. The van der Waals surface area contributed by atoms with E-state index >= 15 is 0 Å². The van der Waals surface area contributed by atoms with Gasteiger partial charge in [0.2, 0.25) is 0 Å². The molecule has 108 valence electrons. The molecule has 3 rings (SSSR count). The van der Waals surface area contributed by atoms with Crippen molar-refractivity contribution in [3.63, 3.8) is 0 Å². The van der Waals surface area contributed by atoms with Crippen LogP contribution in [0.4, 0.5) is 0 Å². The number of hydrogen-bond acceptors (Lipinski definition) is 1. The molecule has 0 bridgehead atoms. The van der Waals surface area contributed by atoms with Gasteiger partial charge in [0.1, 0.15) is 6.29 Å². The molecular weight excluding hydrogens is 287 g/mol. The number of carbonyl (C=O) groups is 1. The summed E-state index contributed by atoms with van der Waals surface area (Å²) in [4.78, 5) is 11.4. The van der Waals surface area contributed by atoms with E-state index in [0.29, 0.717) is 0 Å². The largest absolute Gasteiger partial charge is 0.298 e. The van der Waals surface area contributed by atoms with Gasteiger partial charge in [0.25, 0.3) is 0 Å². The Balaban J connectivity index is 2.39. The average Bonchev–Trinajstić information content (AvgIpc) is 2.57. The van der Waals surface area contributed by atoms with Crippen molar-refractivity contribution in [2.24, 2.45) is 0 Å². The Hall–Kier alpha value is -2.24. The first-order chi connectivity index (χ1) is 10.7. The molecule has 0 aliphatic rings.